The highest BCUT2D eigenvalue weighted by molar-refractivity contribution is 7.09. The Hall–Kier alpha value is -1.64. The Bertz CT molecular complexity index is 405. The average molecular weight is 268 g/mol. The maximum atomic E-state index is 11.9. The molecule has 1 aromatic rings. The van der Waals surface area contributed by atoms with Crippen LogP contribution in [0.25, 0.3) is 0 Å². The molecule has 0 bridgehead atoms. The average Bonchev–Trinajstić information content (AvgIpc) is 2.67. The number of hydrogen-bond acceptors (Lipinski definition) is 4. The van der Waals surface area contributed by atoms with Gasteiger partial charge in [-0.3, -0.25) is 4.79 Å². The van der Waals surface area contributed by atoms with Crippen molar-refractivity contribution in [1.29, 1.82) is 0 Å². The molecular formula is C8H7F3N2O3S. The van der Waals surface area contributed by atoms with Crippen LogP contribution in [0.2, 0.25) is 0 Å². The van der Waals surface area contributed by atoms with Gasteiger partial charge in [0.05, 0.1) is 5.01 Å². The second-order valence-electron chi connectivity index (χ2n) is 2.99. The molecule has 9 heteroatoms. The first-order chi connectivity index (χ1) is 7.80. The van der Waals surface area contributed by atoms with Gasteiger partial charge < -0.3 is 10.4 Å². The predicted molar refractivity (Wildman–Crippen MR) is 51.4 cm³/mol. The lowest BCUT2D eigenvalue weighted by molar-refractivity contribution is -0.175. The van der Waals surface area contributed by atoms with Gasteiger partial charge in [0, 0.05) is 18.0 Å². The molecule has 5 nitrogen and oxygen atoms in total. The fourth-order valence-corrected chi connectivity index (χ4v) is 1.63. The molecule has 0 fully saturated rings. The maximum absolute atomic E-state index is 11.9. The Morgan fingerprint density at radius 1 is 1.53 bits per heavy atom. The fraction of sp³-hybridized carbons (Fsp3) is 0.375. The number of carbonyl (C=O) groups is 2. The van der Waals surface area contributed by atoms with Gasteiger partial charge in [-0.25, -0.2) is 9.78 Å². The van der Waals surface area contributed by atoms with E-state index in [1.807, 2.05) is 0 Å². The number of nitrogens with zero attached hydrogens (tertiary/aromatic N) is 1. The van der Waals surface area contributed by atoms with Crippen molar-refractivity contribution in [3.05, 3.63) is 16.6 Å². The molecule has 0 aromatic carbocycles. The SMILES string of the molecule is O=C(O)C(Cc1nccs1)NC(=O)C(F)(F)F. The highest BCUT2D eigenvalue weighted by Crippen LogP contribution is 2.15. The molecular weight excluding hydrogens is 261 g/mol. The zero-order valence-electron chi connectivity index (χ0n) is 8.19. The Morgan fingerprint density at radius 2 is 2.18 bits per heavy atom. The summed E-state index contributed by atoms with van der Waals surface area (Å²) in [4.78, 5) is 25.0. The van der Waals surface area contributed by atoms with E-state index in [-0.39, 0.29) is 6.42 Å². The van der Waals surface area contributed by atoms with Crippen molar-refractivity contribution in [3.63, 3.8) is 0 Å². The van der Waals surface area contributed by atoms with Crippen LogP contribution in [0.4, 0.5) is 13.2 Å². The maximum Gasteiger partial charge on any atom is 0.471 e. The van der Waals surface area contributed by atoms with Crippen molar-refractivity contribution in [2.75, 3.05) is 0 Å². The smallest absolute Gasteiger partial charge is 0.471 e. The predicted octanol–water partition coefficient (Wildman–Crippen LogP) is 0.817. The second kappa shape index (κ2) is 5.13. The first-order valence-corrected chi connectivity index (χ1v) is 5.17. The first kappa shape index (κ1) is 13.4. The summed E-state index contributed by atoms with van der Waals surface area (Å²) < 4.78 is 35.8. The van der Waals surface area contributed by atoms with E-state index in [4.69, 9.17) is 5.11 Å². The van der Waals surface area contributed by atoms with Gasteiger partial charge in [-0.1, -0.05) is 0 Å². The molecule has 1 atom stereocenters. The minimum absolute atomic E-state index is 0.283. The molecule has 1 unspecified atom stereocenters. The molecule has 0 aliphatic carbocycles. The third-order valence-corrected chi connectivity index (χ3v) is 2.53. The molecule has 2 N–H and O–H groups in total. The van der Waals surface area contributed by atoms with E-state index < -0.39 is 24.1 Å². The van der Waals surface area contributed by atoms with E-state index in [9.17, 15) is 22.8 Å². The third kappa shape index (κ3) is 4.02. The number of alkyl halides is 3. The number of aromatic nitrogens is 1. The normalized spacial score (nSPS) is 13.1. The summed E-state index contributed by atoms with van der Waals surface area (Å²) in [5, 5.41) is 12.0. The minimum Gasteiger partial charge on any atom is -0.480 e. The third-order valence-electron chi connectivity index (χ3n) is 1.72. The van der Waals surface area contributed by atoms with Crippen LogP contribution in [-0.2, 0) is 16.0 Å². The van der Waals surface area contributed by atoms with Gasteiger partial charge >= 0.3 is 18.1 Å². The van der Waals surface area contributed by atoms with E-state index in [0.717, 1.165) is 11.3 Å². The van der Waals surface area contributed by atoms with E-state index in [1.165, 1.54) is 11.5 Å². The Morgan fingerprint density at radius 3 is 2.59 bits per heavy atom. The molecule has 1 aromatic heterocycles. The number of thiazole rings is 1. The van der Waals surface area contributed by atoms with Crippen molar-refractivity contribution in [2.24, 2.45) is 0 Å². The lowest BCUT2D eigenvalue weighted by atomic mass is 10.2. The number of carboxylic acid groups (broad SMARTS) is 1. The van der Waals surface area contributed by atoms with Gasteiger partial charge in [-0.15, -0.1) is 11.3 Å². The number of nitrogens with one attached hydrogen (secondary N) is 1. The minimum atomic E-state index is -5.10. The van der Waals surface area contributed by atoms with Crippen LogP contribution >= 0.6 is 11.3 Å². The summed E-state index contributed by atoms with van der Waals surface area (Å²) in [5.74, 6) is -3.82. The van der Waals surface area contributed by atoms with Gasteiger partial charge in [0.25, 0.3) is 0 Å². The highest BCUT2D eigenvalue weighted by atomic mass is 32.1. The van der Waals surface area contributed by atoms with Crippen LogP contribution in [0.15, 0.2) is 11.6 Å². The fourth-order valence-electron chi connectivity index (χ4n) is 0.969. The number of carbonyl (C=O) groups excluding carboxylic acids is 1. The number of halogens is 3. The number of hydrogen-bond donors (Lipinski definition) is 2. The molecule has 0 spiro atoms. The summed E-state index contributed by atoms with van der Waals surface area (Å²) in [7, 11) is 0. The van der Waals surface area contributed by atoms with E-state index in [0.29, 0.717) is 5.01 Å². The van der Waals surface area contributed by atoms with E-state index >= 15 is 0 Å². The topological polar surface area (TPSA) is 79.3 Å². The molecule has 1 rings (SSSR count). The van der Waals surface area contributed by atoms with Gasteiger partial charge in [-0.05, 0) is 0 Å². The second-order valence-corrected chi connectivity index (χ2v) is 3.97. The Labute approximate surface area is 97.3 Å². The number of aliphatic carboxylic acids is 1. The molecule has 0 aliphatic rings. The highest BCUT2D eigenvalue weighted by Gasteiger charge is 2.40. The standard InChI is InChI=1S/C8H7F3N2O3S/c9-8(10,11)7(16)13-4(6(14)15)3-5-12-1-2-17-5/h1-2,4H,3H2,(H,13,16)(H,14,15). The van der Waals surface area contributed by atoms with Crippen molar-refractivity contribution >= 4 is 23.2 Å². The van der Waals surface area contributed by atoms with Gasteiger partial charge in [0.2, 0.25) is 0 Å². The molecule has 0 saturated heterocycles. The summed E-state index contributed by atoms with van der Waals surface area (Å²) in [5.41, 5.74) is 0. The van der Waals surface area contributed by atoms with Gasteiger partial charge in [0.15, 0.2) is 0 Å². The van der Waals surface area contributed by atoms with Crippen LogP contribution in [0, 0.1) is 0 Å². The molecule has 94 valence electrons. The van der Waals surface area contributed by atoms with Crippen LogP contribution in [0.5, 0.6) is 0 Å². The van der Waals surface area contributed by atoms with Crippen LogP contribution < -0.4 is 5.32 Å². The monoisotopic (exact) mass is 268 g/mol. The lowest BCUT2D eigenvalue weighted by Crippen LogP contribution is -2.47. The summed E-state index contributed by atoms with van der Waals surface area (Å²) in [6.45, 7) is 0. The summed E-state index contributed by atoms with van der Waals surface area (Å²) in [6, 6.07) is -1.64. The Kier molecular flexibility index (Phi) is 4.05. The number of amides is 1. The molecule has 0 saturated carbocycles. The lowest BCUT2D eigenvalue weighted by Gasteiger charge is -2.14. The Balaban J connectivity index is 2.68. The quantitative estimate of drug-likeness (QED) is 0.847. The van der Waals surface area contributed by atoms with Crippen molar-refractivity contribution in [3.8, 4) is 0 Å². The van der Waals surface area contributed by atoms with Crippen LogP contribution in [0.3, 0.4) is 0 Å². The van der Waals surface area contributed by atoms with E-state index in [2.05, 4.69) is 4.98 Å². The summed E-state index contributed by atoms with van der Waals surface area (Å²) in [6.07, 6.45) is -3.99. The van der Waals surface area contributed by atoms with Gasteiger partial charge in [-0.2, -0.15) is 13.2 Å². The molecule has 1 amide bonds. The largest absolute Gasteiger partial charge is 0.480 e. The molecule has 0 radical (unpaired) electrons. The summed E-state index contributed by atoms with van der Waals surface area (Å²) >= 11 is 1.10. The van der Waals surface area contributed by atoms with Gasteiger partial charge in [0.1, 0.15) is 6.04 Å². The van der Waals surface area contributed by atoms with Crippen molar-refractivity contribution in [2.45, 2.75) is 18.6 Å². The number of carboxylic acids is 1. The molecule has 1 heterocycles. The zero-order valence-corrected chi connectivity index (χ0v) is 9.01. The zero-order chi connectivity index (χ0) is 13.1. The molecule has 0 aliphatic heterocycles. The van der Waals surface area contributed by atoms with Crippen molar-refractivity contribution in [1.82, 2.24) is 10.3 Å². The van der Waals surface area contributed by atoms with E-state index in [1.54, 1.807) is 5.38 Å². The molecule has 17 heavy (non-hydrogen) atoms. The number of rotatable bonds is 4. The first-order valence-electron chi connectivity index (χ1n) is 4.29. The van der Waals surface area contributed by atoms with Crippen LogP contribution in [-0.4, -0.2) is 34.2 Å². The van der Waals surface area contributed by atoms with Crippen LogP contribution in [0.1, 0.15) is 5.01 Å². The van der Waals surface area contributed by atoms with Crippen molar-refractivity contribution < 1.29 is 27.9 Å².